The van der Waals surface area contributed by atoms with Crippen molar-refractivity contribution in [3.8, 4) is 11.5 Å². The number of fused-ring (bicyclic) bond motifs is 3. The fraction of sp³-hybridized carbons (Fsp3) is 0.0476. The van der Waals surface area contributed by atoms with E-state index in [1.807, 2.05) is 66.7 Å². The molecule has 1 aliphatic rings. The first kappa shape index (κ1) is 15.8. The molecular formula is C21H15N3O2S. The Morgan fingerprint density at radius 1 is 0.815 bits per heavy atom. The number of para-hydroxylation sites is 2. The average molecular weight is 373 g/mol. The van der Waals surface area contributed by atoms with Crippen molar-refractivity contribution in [1.29, 1.82) is 0 Å². The highest BCUT2D eigenvalue weighted by Gasteiger charge is 2.14. The molecule has 0 amide bonds. The van der Waals surface area contributed by atoms with Gasteiger partial charge < -0.3 is 20.1 Å². The summed E-state index contributed by atoms with van der Waals surface area (Å²) in [5, 5.41) is 9.10. The van der Waals surface area contributed by atoms with E-state index in [2.05, 4.69) is 10.6 Å². The summed E-state index contributed by atoms with van der Waals surface area (Å²) in [5.41, 5.74) is 3.61. The quantitative estimate of drug-likeness (QED) is 0.384. The second-order valence-electron chi connectivity index (χ2n) is 6.17. The lowest BCUT2D eigenvalue weighted by molar-refractivity contribution is 0.174. The molecule has 1 aliphatic heterocycles. The van der Waals surface area contributed by atoms with Gasteiger partial charge in [-0.25, -0.2) is 4.98 Å². The molecule has 0 saturated heterocycles. The van der Waals surface area contributed by atoms with Gasteiger partial charge in [-0.05, 0) is 36.5 Å². The Labute approximate surface area is 160 Å². The molecule has 5 rings (SSSR count). The number of hydrogen-bond donors (Lipinski definition) is 2. The molecule has 0 atom stereocenters. The second-order valence-corrected chi connectivity index (χ2v) is 6.58. The monoisotopic (exact) mass is 373 g/mol. The van der Waals surface area contributed by atoms with Crippen LogP contribution in [0.15, 0.2) is 66.7 Å². The van der Waals surface area contributed by atoms with Crippen LogP contribution in [0.25, 0.3) is 21.8 Å². The highest BCUT2D eigenvalue weighted by Crippen LogP contribution is 2.35. The molecule has 132 valence electrons. The lowest BCUT2D eigenvalue weighted by Crippen LogP contribution is -2.19. The van der Waals surface area contributed by atoms with E-state index >= 15 is 0 Å². The Bertz CT molecular complexity index is 1140. The summed E-state index contributed by atoms with van der Waals surface area (Å²) in [7, 11) is 0. The summed E-state index contributed by atoms with van der Waals surface area (Å²) >= 11 is 5.56. The van der Waals surface area contributed by atoms with E-state index in [0.29, 0.717) is 10.9 Å². The second kappa shape index (κ2) is 6.41. The van der Waals surface area contributed by atoms with Gasteiger partial charge in [0.15, 0.2) is 16.6 Å². The van der Waals surface area contributed by atoms with Gasteiger partial charge in [-0.15, -0.1) is 0 Å². The third kappa shape index (κ3) is 2.90. The zero-order valence-electron chi connectivity index (χ0n) is 14.2. The Morgan fingerprint density at radius 2 is 1.48 bits per heavy atom. The number of nitrogens with zero attached hydrogens (tertiary/aromatic N) is 1. The van der Waals surface area contributed by atoms with Crippen LogP contribution in [-0.2, 0) is 0 Å². The third-order valence-corrected chi connectivity index (χ3v) is 4.66. The summed E-state index contributed by atoms with van der Waals surface area (Å²) in [6.45, 7) is 0.247. The van der Waals surface area contributed by atoms with Gasteiger partial charge in [0.05, 0.1) is 16.7 Å². The Hall–Kier alpha value is -3.38. The summed E-state index contributed by atoms with van der Waals surface area (Å²) < 4.78 is 10.8. The minimum atomic E-state index is 0.247. The van der Waals surface area contributed by atoms with Gasteiger partial charge in [0.25, 0.3) is 0 Å². The van der Waals surface area contributed by atoms with E-state index < -0.39 is 0 Å². The average Bonchev–Trinajstić information content (AvgIpc) is 3.15. The van der Waals surface area contributed by atoms with Crippen molar-refractivity contribution in [3.05, 3.63) is 66.7 Å². The van der Waals surface area contributed by atoms with Gasteiger partial charge in [0.1, 0.15) is 0 Å². The summed E-state index contributed by atoms with van der Waals surface area (Å²) in [6.07, 6.45) is 0. The maximum atomic E-state index is 5.56. The highest BCUT2D eigenvalue weighted by atomic mass is 32.1. The van der Waals surface area contributed by atoms with Crippen LogP contribution >= 0.6 is 12.2 Å². The van der Waals surface area contributed by atoms with Crippen LogP contribution in [0, 0.1) is 0 Å². The minimum absolute atomic E-state index is 0.247. The fourth-order valence-corrected chi connectivity index (χ4v) is 3.44. The zero-order valence-corrected chi connectivity index (χ0v) is 15.0. The number of nitrogens with one attached hydrogen (secondary N) is 2. The van der Waals surface area contributed by atoms with Crippen LogP contribution in [0.2, 0.25) is 0 Å². The van der Waals surface area contributed by atoms with Gasteiger partial charge in [-0.1, -0.05) is 36.4 Å². The normalized spacial score (nSPS) is 12.3. The van der Waals surface area contributed by atoms with E-state index in [1.54, 1.807) is 0 Å². The Kier molecular flexibility index (Phi) is 3.76. The van der Waals surface area contributed by atoms with Crippen molar-refractivity contribution in [1.82, 2.24) is 4.98 Å². The summed E-state index contributed by atoms with van der Waals surface area (Å²) in [6, 6.07) is 21.7. The third-order valence-electron chi connectivity index (χ3n) is 4.46. The number of hydrogen-bond acceptors (Lipinski definition) is 4. The predicted octanol–water partition coefficient (Wildman–Crippen LogP) is 4.93. The molecule has 2 N–H and O–H groups in total. The molecule has 1 aromatic heterocycles. The van der Waals surface area contributed by atoms with Crippen LogP contribution in [0.4, 0.5) is 11.4 Å². The number of benzene rings is 3. The molecule has 0 radical (unpaired) electrons. The van der Waals surface area contributed by atoms with Gasteiger partial charge in [-0.3, -0.25) is 0 Å². The molecule has 5 nitrogen and oxygen atoms in total. The molecule has 3 aromatic carbocycles. The Morgan fingerprint density at radius 3 is 2.22 bits per heavy atom. The van der Waals surface area contributed by atoms with Gasteiger partial charge in [-0.2, -0.15) is 0 Å². The van der Waals surface area contributed by atoms with E-state index in [1.165, 1.54) is 0 Å². The van der Waals surface area contributed by atoms with Crippen molar-refractivity contribution < 1.29 is 9.47 Å². The fourth-order valence-electron chi connectivity index (χ4n) is 3.22. The molecule has 0 bridgehead atoms. The Balaban J connectivity index is 1.50. The molecule has 27 heavy (non-hydrogen) atoms. The highest BCUT2D eigenvalue weighted by molar-refractivity contribution is 7.80. The maximum absolute atomic E-state index is 5.56. The van der Waals surface area contributed by atoms with Crippen LogP contribution in [0.1, 0.15) is 0 Å². The first-order valence-corrected chi connectivity index (χ1v) is 8.94. The molecular weight excluding hydrogens is 358 g/mol. The van der Waals surface area contributed by atoms with E-state index in [9.17, 15) is 0 Å². The number of thiocarbonyl (C=S) groups is 1. The van der Waals surface area contributed by atoms with Crippen LogP contribution < -0.4 is 20.1 Å². The molecule has 0 spiro atoms. The van der Waals surface area contributed by atoms with E-state index in [0.717, 1.165) is 38.9 Å². The van der Waals surface area contributed by atoms with E-state index in [4.69, 9.17) is 26.7 Å². The largest absolute Gasteiger partial charge is 0.454 e. The van der Waals surface area contributed by atoms with Crippen molar-refractivity contribution in [2.75, 3.05) is 17.4 Å². The van der Waals surface area contributed by atoms with Crippen LogP contribution in [0.5, 0.6) is 11.5 Å². The topological polar surface area (TPSA) is 55.4 Å². The SMILES string of the molecule is S=C(Nc1ccc2c(c1)OCO2)Nc1c2ccccc2nc2ccccc12. The zero-order chi connectivity index (χ0) is 18.2. The maximum Gasteiger partial charge on any atom is 0.231 e. The molecule has 6 heteroatoms. The lowest BCUT2D eigenvalue weighted by atomic mass is 10.1. The number of pyridine rings is 1. The number of ether oxygens (including phenoxy) is 2. The minimum Gasteiger partial charge on any atom is -0.454 e. The van der Waals surface area contributed by atoms with Crippen molar-refractivity contribution in [3.63, 3.8) is 0 Å². The van der Waals surface area contributed by atoms with Crippen molar-refractivity contribution in [2.45, 2.75) is 0 Å². The van der Waals surface area contributed by atoms with E-state index in [-0.39, 0.29) is 6.79 Å². The molecule has 0 unspecified atom stereocenters. The van der Waals surface area contributed by atoms with Crippen LogP contribution in [0.3, 0.4) is 0 Å². The van der Waals surface area contributed by atoms with Crippen molar-refractivity contribution >= 4 is 50.5 Å². The van der Waals surface area contributed by atoms with Gasteiger partial charge >= 0.3 is 0 Å². The summed E-state index contributed by atoms with van der Waals surface area (Å²) in [5.74, 6) is 1.45. The molecule has 4 aromatic rings. The lowest BCUT2D eigenvalue weighted by Gasteiger charge is -2.15. The number of anilines is 2. The molecule has 0 saturated carbocycles. The van der Waals surface area contributed by atoms with Gasteiger partial charge in [0, 0.05) is 22.5 Å². The standard InChI is InChI=1S/C21H15N3O2S/c27-21(22-13-9-10-18-19(11-13)26-12-25-18)24-20-14-5-1-3-7-16(14)23-17-8-4-2-6-15(17)20/h1-11H,12H2,(H2,22,23,24,27). The molecule has 2 heterocycles. The number of aromatic nitrogens is 1. The number of rotatable bonds is 2. The van der Waals surface area contributed by atoms with Gasteiger partial charge in [0.2, 0.25) is 6.79 Å². The molecule has 0 aliphatic carbocycles. The molecule has 0 fully saturated rings. The van der Waals surface area contributed by atoms with Crippen molar-refractivity contribution in [2.24, 2.45) is 0 Å². The smallest absolute Gasteiger partial charge is 0.231 e. The predicted molar refractivity (Wildman–Crippen MR) is 112 cm³/mol. The first-order chi connectivity index (χ1) is 13.3. The first-order valence-electron chi connectivity index (χ1n) is 8.53. The summed E-state index contributed by atoms with van der Waals surface area (Å²) in [4.78, 5) is 4.73. The van der Waals surface area contributed by atoms with Crippen LogP contribution in [-0.4, -0.2) is 16.9 Å².